The highest BCUT2D eigenvalue weighted by molar-refractivity contribution is 7.21. The molecule has 5 rings (SSSR count). The standard InChI is InChI=1S/C25H25N7O3S/c1-25(2,35)16-10-18(21(34)20(16)33)30-22-15(23-31-17-5-3-4-6-19(17)36-23)12-28-24(32-22)29-13-7-8-27-14(9-13)11-26/h3-9,12,16,18,20-21,33-35H,10H2,1-2H3,(H2,27,28,29,30,32). The Labute approximate surface area is 211 Å². The number of fused-ring (bicyclic) bond motifs is 1. The molecule has 1 fully saturated rings. The van der Waals surface area contributed by atoms with Gasteiger partial charge in [-0.3, -0.25) is 0 Å². The number of aliphatic hydroxyl groups is 3. The van der Waals surface area contributed by atoms with Gasteiger partial charge in [0.05, 0.1) is 33.5 Å². The molecule has 0 radical (unpaired) electrons. The highest BCUT2D eigenvalue weighted by Crippen LogP contribution is 2.39. The van der Waals surface area contributed by atoms with Crippen molar-refractivity contribution in [3.63, 3.8) is 0 Å². The Morgan fingerprint density at radius 1 is 1.11 bits per heavy atom. The Balaban J connectivity index is 1.52. The predicted octanol–water partition coefficient (Wildman–Crippen LogP) is 3.06. The molecule has 1 aliphatic carbocycles. The molecule has 0 aliphatic heterocycles. The van der Waals surface area contributed by atoms with Crippen molar-refractivity contribution in [1.29, 1.82) is 5.26 Å². The maximum Gasteiger partial charge on any atom is 0.229 e. The number of benzene rings is 1. The minimum Gasteiger partial charge on any atom is -0.390 e. The maximum absolute atomic E-state index is 10.8. The third-order valence-corrected chi connectivity index (χ3v) is 7.43. The summed E-state index contributed by atoms with van der Waals surface area (Å²) < 4.78 is 1.01. The summed E-state index contributed by atoms with van der Waals surface area (Å²) >= 11 is 1.50. The quantitative estimate of drug-likeness (QED) is 0.264. The SMILES string of the molecule is CC(C)(O)C1CC(Nc2nc(Nc3ccnc(C#N)c3)ncc2-c2nc3ccccc3s2)C(O)C1O. The average Bonchev–Trinajstić information content (AvgIpc) is 3.41. The zero-order valence-corrected chi connectivity index (χ0v) is 20.4. The largest absolute Gasteiger partial charge is 0.390 e. The van der Waals surface area contributed by atoms with Gasteiger partial charge in [0, 0.05) is 24.0 Å². The molecule has 0 spiro atoms. The number of thiazole rings is 1. The molecule has 0 saturated heterocycles. The summed E-state index contributed by atoms with van der Waals surface area (Å²) in [5.41, 5.74) is 1.18. The van der Waals surface area contributed by atoms with Gasteiger partial charge in [-0.15, -0.1) is 11.3 Å². The number of aliphatic hydroxyl groups excluding tert-OH is 2. The van der Waals surface area contributed by atoms with E-state index < -0.39 is 29.8 Å². The number of rotatable bonds is 6. The lowest BCUT2D eigenvalue weighted by molar-refractivity contribution is -0.0601. The van der Waals surface area contributed by atoms with Crippen molar-refractivity contribution >= 4 is 39.0 Å². The minimum atomic E-state index is -1.16. The summed E-state index contributed by atoms with van der Waals surface area (Å²) in [7, 11) is 0. The Hall–Kier alpha value is -3.69. The lowest BCUT2D eigenvalue weighted by Crippen LogP contribution is -2.40. The van der Waals surface area contributed by atoms with E-state index in [2.05, 4.69) is 25.6 Å². The van der Waals surface area contributed by atoms with Crippen LogP contribution in [0, 0.1) is 17.2 Å². The van der Waals surface area contributed by atoms with E-state index in [0.29, 0.717) is 28.5 Å². The molecule has 4 unspecified atom stereocenters. The molecule has 1 aliphatic rings. The molecule has 36 heavy (non-hydrogen) atoms. The highest BCUT2D eigenvalue weighted by atomic mass is 32.1. The van der Waals surface area contributed by atoms with E-state index >= 15 is 0 Å². The van der Waals surface area contributed by atoms with Gasteiger partial charge in [0.25, 0.3) is 0 Å². The van der Waals surface area contributed by atoms with Crippen molar-refractivity contribution in [2.75, 3.05) is 10.6 Å². The van der Waals surface area contributed by atoms with Gasteiger partial charge >= 0.3 is 0 Å². The van der Waals surface area contributed by atoms with Gasteiger partial charge in [-0.2, -0.15) is 10.2 Å². The smallest absolute Gasteiger partial charge is 0.229 e. The fraction of sp³-hybridized carbons (Fsp3) is 0.320. The van der Waals surface area contributed by atoms with Gasteiger partial charge in [0.2, 0.25) is 5.95 Å². The molecule has 5 N–H and O–H groups in total. The predicted molar refractivity (Wildman–Crippen MR) is 137 cm³/mol. The van der Waals surface area contributed by atoms with E-state index in [1.165, 1.54) is 17.5 Å². The van der Waals surface area contributed by atoms with Crippen LogP contribution < -0.4 is 10.6 Å². The molecular formula is C25H25N7O3S. The van der Waals surface area contributed by atoms with E-state index in [1.54, 1.807) is 32.2 Å². The topological polar surface area (TPSA) is 160 Å². The Morgan fingerprint density at radius 3 is 2.64 bits per heavy atom. The third kappa shape index (κ3) is 4.72. The van der Waals surface area contributed by atoms with Crippen LogP contribution in [0.25, 0.3) is 20.8 Å². The maximum atomic E-state index is 10.8. The van der Waals surface area contributed by atoms with Crippen molar-refractivity contribution in [2.24, 2.45) is 5.92 Å². The number of hydrogen-bond donors (Lipinski definition) is 5. The number of nitriles is 1. The van der Waals surface area contributed by atoms with Crippen LogP contribution in [0.5, 0.6) is 0 Å². The van der Waals surface area contributed by atoms with Crippen molar-refractivity contribution in [3.05, 3.63) is 54.5 Å². The number of pyridine rings is 1. The number of nitrogens with zero attached hydrogens (tertiary/aromatic N) is 5. The third-order valence-electron chi connectivity index (χ3n) is 6.36. The van der Waals surface area contributed by atoms with Crippen LogP contribution in [-0.2, 0) is 0 Å². The summed E-state index contributed by atoms with van der Waals surface area (Å²) in [6, 6.07) is 12.5. The molecule has 1 saturated carbocycles. The number of para-hydroxylation sites is 1. The van der Waals surface area contributed by atoms with Crippen LogP contribution in [0.1, 0.15) is 26.0 Å². The Bertz CT molecular complexity index is 1410. The van der Waals surface area contributed by atoms with Crippen LogP contribution >= 0.6 is 11.3 Å². The van der Waals surface area contributed by atoms with Gasteiger partial charge in [-0.05, 0) is 44.5 Å². The van der Waals surface area contributed by atoms with Crippen molar-refractivity contribution < 1.29 is 15.3 Å². The summed E-state index contributed by atoms with van der Waals surface area (Å²) in [5.74, 6) is 0.176. The van der Waals surface area contributed by atoms with E-state index in [4.69, 9.17) is 10.2 Å². The van der Waals surface area contributed by atoms with Gasteiger partial charge < -0.3 is 26.0 Å². The molecule has 184 valence electrons. The van der Waals surface area contributed by atoms with Gasteiger partial charge in [0.1, 0.15) is 28.7 Å². The lowest BCUT2D eigenvalue weighted by atomic mass is 9.88. The van der Waals surface area contributed by atoms with Crippen LogP contribution in [0.15, 0.2) is 48.8 Å². The zero-order valence-electron chi connectivity index (χ0n) is 19.6. The molecule has 3 aromatic heterocycles. The first-order valence-corrected chi connectivity index (χ1v) is 12.3. The van der Waals surface area contributed by atoms with E-state index in [1.807, 2.05) is 30.3 Å². The molecule has 0 amide bonds. The lowest BCUT2D eigenvalue weighted by Gasteiger charge is -2.28. The summed E-state index contributed by atoms with van der Waals surface area (Å²) in [5, 5.41) is 48.0. The van der Waals surface area contributed by atoms with Crippen LogP contribution in [0.3, 0.4) is 0 Å². The van der Waals surface area contributed by atoms with Gasteiger partial charge in [0.15, 0.2) is 0 Å². The van der Waals surface area contributed by atoms with Crippen LogP contribution in [0.4, 0.5) is 17.5 Å². The molecule has 4 aromatic rings. The number of nitrogens with one attached hydrogen (secondary N) is 2. The fourth-order valence-electron chi connectivity index (χ4n) is 4.45. The van der Waals surface area contributed by atoms with Crippen molar-refractivity contribution in [1.82, 2.24) is 19.9 Å². The minimum absolute atomic E-state index is 0.255. The van der Waals surface area contributed by atoms with Crippen LogP contribution in [0.2, 0.25) is 0 Å². The summed E-state index contributed by atoms with van der Waals surface area (Å²) in [6.45, 7) is 3.25. The first kappa shape index (κ1) is 24.0. The molecule has 10 nitrogen and oxygen atoms in total. The van der Waals surface area contributed by atoms with Gasteiger partial charge in [-0.1, -0.05) is 12.1 Å². The zero-order chi connectivity index (χ0) is 25.4. The average molecular weight is 504 g/mol. The highest BCUT2D eigenvalue weighted by Gasteiger charge is 2.47. The Kier molecular flexibility index (Phi) is 6.27. The normalized spacial score (nSPS) is 21.9. The first-order chi connectivity index (χ1) is 17.2. The summed E-state index contributed by atoms with van der Waals surface area (Å²) in [6.07, 6.45) is 1.31. The fourth-order valence-corrected chi connectivity index (χ4v) is 5.43. The van der Waals surface area contributed by atoms with Crippen molar-refractivity contribution in [3.8, 4) is 16.6 Å². The molecule has 11 heteroatoms. The number of anilines is 3. The van der Waals surface area contributed by atoms with E-state index in [-0.39, 0.29) is 11.6 Å². The second kappa shape index (κ2) is 9.40. The van der Waals surface area contributed by atoms with E-state index in [9.17, 15) is 15.3 Å². The van der Waals surface area contributed by atoms with Crippen molar-refractivity contribution in [2.45, 2.75) is 44.1 Å². The molecule has 3 heterocycles. The summed E-state index contributed by atoms with van der Waals surface area (Å²) in [4.78, 5) is 17.8. The molecule has 1 aromatic carbocycles. The van der Waals surface area contributed by atoms with Gasteiger partial charge in [-0.25, -0.2) is 15.0 Å². The molecule has 4 atom stereocenters. The molecule has 0 bridgehead atoms. The second-order valence-electron chi connectivity index (χ2n) is 9.34. The second-order valence-corrected chi connectivity index (χ2v) is 10.4. The van der Waals surface area contributed by atoms with Crippen LogP contribution in [-0.4, -0.2) is 59.1 Å². The molecular weight excluding hydrogens is 478 g/mol. The monoisotopic (exact) mass is 503 g/mol. The number of aromatic nitrogens is 4. The number of hydrogen-bond acceptors (Lipinski definition) is 11. The Morgan fingerprint density at radius 2 is 1.92 bits per heavy atom. The first-order valence-electron chi connectivity index (χ1n) is 11.4. The van der Waals surface area contributed by atoms with E-state index in [0.717, 1.165) is 10.2 Å².